The normalized spacial score (nSPS) is 18.4. The third kappa shape index (κ3) is 4.36. The van der Waals surface area contributed by atoms with Crippen LogP contribution in [0.5, 0.6) is 0 Å². The minimum atomic E-state index is -0.430. The van der Waals surface area contributed by atoms with E-state index in [2.05, 4.69) is 11.8 Å². The van der Waals surface area contributed by atoms with Crippen LogP contribution in [0.25, 0.3) is 0 Å². The number of benzene rings is 1. The Balaban J connectivity index is 1.80. The second-order valence-corrected chi connectivity index (χ2v) is 4.21. The summed E-state index contributed by atoms with van der Waals surface area (Å²) >= 11 is 0. The fourth-order valence-corrected chi connectivity index (χ4v) is 1.78. The van der Waals surface area contributed by atoms with E-state index < -0.39 is 4.92 Å². The lowest BCUT2D eigenvalue weighted by atomic mass is 10.2. The van der Waals surface area contributed by atoms with Crippen LogP contribution in [0, 0.1) is 22.0 Å². The molecule has 1 unspecified atom stereocenters. The van der Waals surface area contributed by atoms with Crippen molar-refractivity contribution in [2.45, 2.75) is 25.6 Å². The number of nitro groups is 1. The van der Waals surface area contributed by atoms with E-state index in [1.165, 1.54) is 12.1 Å². The smallest absolute Gasteiger partial charge is 0.269 e. The summed E-state index contributed by atoms with van der Waals surface area (Å²) in [6, 6.07) is 6.13. The predicted octanol–water partition coefficient (Wildman–Crippen LogP) is 2.49. The Kier molecular flexibility index (Phi) is 4.90. The summed E-state index contributed by atoms with van der Waals surface area (Å²) in [4.78, 5) is 10.1. The van der Waals surface area contributed by atoms with Gasteiger partial charge in [-0.2, -0.15) is 0 Å². The fraction of sp³-hybridized carbons (Fsp3) is 0.429. The minimum Gasteiger partial charge on any atom is -0.353 e. The van der Waals surface area contributed by atoms with Gasteiger partial charge in [-0.05, 0) is 31.4 Å². The molecule has 1 aromatic rings. The zero-order chi connectivity index (χ0) is 13.5. The van der Waals surface area contributed by atoms with Gasteiger partial charge in [0.1, 0.15) is 6.61 Å². The van der Waals surface area contributed by atoms with Gasteiger partial charge in [0, 0.05) is 24.3 Å². The van der Waals surface area contributed by atoms with Gasteiger partial charge >= 0.3 is 0 Å². The van der Waals surface area contributed by atoms with Gasteiger partial charge in [0.05, 0.1) is 4.92 Å². The molecule has 0 radical (unpaired) electrons. The number of hydrogen-bond acceptors (Lipinski definition) is 4. The van der Waals surface area contributed by atoms with E-state index in [4.69, 9.17) is 9.47 Å². The third-order valence-electron chi connectivity index (χ3n) is 2.79. The van der Waals surface area contributed by atoms with Gasteiger partial charge in [-0.3, -0.25) is 10.1 Å². The SMILES string of the molecule is O=[N+]([O-])c1ccc(C#CCOC2CCCCO2)cc1. The highest BCUT2D eigenvalue weighted by Crippen LogP contribution is 2.13. The third-order valence-corrected chi connectivity index (χ3v) is 2.79. The van der Waals surface area contributed by atoms with Gasteiger partial charge in [0.25, 0.3) is 5.69 Å². The molecule has 100 valence electrons. The molecular weight excluding hydrogens is 246 g/mol. The molecule has 1 saturated heterocycles. The summed E-state index contributed by atoms with van der Waals surface area (Å²) < 4.78 is 10.9. The van der Waals surface area contributed by atoms with Crippen LogP contribution < -0.4 is 0 Å². The van der Waals surface area contributed by atoms with Crippen LogP contribution in [0.4, 0.5) is 5.69 Å². The Morgan fingerprint density at radius 1 is 1.37 bits per heavy atom. The number of non-ortho nitro benzene ring substituents is 1. The van der Waals surface area contributed by atoms with Crippen LogP contribution in [-0.4, -0.2) is 24.4 Å². The maximum atomic E-state index is 10.5. The summed E-state index contributed by atoms with van der Waals surface area (Å²) in [5, 5.41) is 10.5. The molecule has 0 spiro atoms. The molecular formula is C14H15NO4. The lowest BCUT2D eigenvalue weighted by Crippen LogP contribution is -2.22. The van der Waals surface area contributed by atoms with E-state index in [-0.39, 0.29) is 12.0 Å². The molecule has 0 saturated carbocycles. The molecule has 0 bridgehead atoms. The van der Waals surface area contributed by atoms with Gasteiger partial charge < -0.3 is 9.47 Å². The lowest BCUT2D eigenvalue weighted by Gasteiger charge is -2.21. The molecule has 1 aliphatic heterocycles. The van der Waals surface area contributed by atoms with Crippen molar-refractivity contribution in [2.75, 3.05) is 13.2 Å². The minimum absolute atomic E-state index is 0.0670. The van der Waals surface area contributed by atoms with Gasteiger partial charge in [0.15, 0.2) is 6.29 Å². The number of rotatable bonds is 3. The van der Waals surface area contributed by atoms with Crippen molar-refractivity contribution in [3.8, 4) is 11.8 Å². The number of ether oxygens (including phenoxy) is 2. The first-order chi connectivity index (χ1) is 9.25. The van der Waals surface area contributed by atoms with E-state index in [1.54, 1.807) is 12.1 Å². The number of nitrogens with zero attached hydrogens (tertiary/aromatic N) is 1. The highest BCUT2D eigenvalue weighted by Gasteiger charge is 2.12. The highest BCUT2D eigenvalue weighted by atomic mass is 16.7. The van der Waals surface area contributed by atoms with Crippen molar-refractivity contribution in [3.05, 3.63) is 39.9 Å². The number of nitro benzene ring substituents is 1. The van der Waals surface area contributed by atoms with Crippen molar-refractivity contribution in [1.29, 1.82) is 0 Å². The van der Waals surface area contributed by atoms with E-state index in [0.29, 0.717) is 6.61 Å². The average molecular weight is 261 g/mol. The maximum absolute atomic E-state index is 10.5. The van der Waals surface area contributed by atoms with Gasteiger partial charge in [-0.15, -0.1) is 0 Å². The predicted molar refractivity (Wildman–Crippen MR) is 69.5 cm³/mol. The Morgan fingerprint density at radius 2 is 2.16 bits per heavy atom. The topological polar surface area (TPSA) is 61.6 Å². The monoisotopic (exact) mass is 261 g/mol. The highest BCUT2D eigenvalue weighted by molar-refractivity contribution is 5.41. The molecule has 0 aromatic heterocycles. The Bertz CT molecular complexity index is 480. The molecule has 0 amide bonds. The van der Waals surface area contributed by atoms with Crippen LogP contribution in [0.2, 0.25) is 0 Å². The molecule has 0 N–H and O–H groups in total. The Labute approximate surface area is 111 Å². The van der Waals surface area contributed by atoms with Gasteiger partial charge in [0.2, 0.25) is 0 Å². The van der Waals surface area contributed by atoms with Crippen molar-refractivity contribution in [2.24, 2.45) is 0 Å². The van der Waals surface area contributed by atoms with Gasteiger partial charge in [-0.1, -0.05) is 11.8 Å². The molecule has 1 fully saturated rings. The van der Waals surface area contributed by atoms with Crippen LogP contribution in [0.1, 0.15) is 24.8 Å². The first-order valence-electron chi connectivity index (χ1n) is 6.22. The van der Waals surface area contributed by atoms with Crippen LogP contribution in [-0.2, 0) is 9.47 Å². The quantitative estimate of drug-likeness (QED) is 0.476. The average Bonchev–Trinajstić information content (AvgIpc) is 2.45. The lowest BCUT2D eigenvalue weighted by molar-refractivity contribution is -0.384. The Morgan fingerprint density at radius 3 is 2.79 bits per heavy atom. The summed E-state index contributed by atoms with van der Waals surface area (Å²) in [6.45, 7) is 1.06. The summed E-state index contributed by atoms with van der Waals surface area (Å²) in [5.74, 6) is 5.77. The van der Waals surface area contributed by atoms with E-state index in [0.717, 1.165) is 31.4 Å². The zero-order valence-corrected chi connectivity index (χ0v) is 10.5. The van der Waals surface area contributed by atoms with E-state index in [1.807, 2.05) is 0 Å². The van der Waals surface area contributed by atoms with Crippen molar-refractivity contribution < 1.29 is 14.4 Å². The first-order valence-corrected chi connectivity index (χ1v) is 6.22. The summed E-state index contributed by atoms with van der Waals surface area (Å²) in [6.07, 6.45) is 2.99. The van der Waals surface area contributed by atoms with Crippen LogP contribution >= 0.6 is 0 Å². The second-order valence-electron chi connectivity index (χ2n) is 4.21. The van der Waals surface area contributed by atoms with Gasteiger partial charge in [-0.25, -0.2) is 0 Å². The molecule has 1 aromatic carbocycles. The largest absolute Gasteiger partial charge is 0.353 e. The fourth-order valence-electron chi connectivity index (χ4n) is 1.78. The maximum Gasteiger partial charge on any atom is 0.269 e. The molecule has 5 nitrogen and oxygen atoms in total. The summed E-state index contributed by atoms with van der Waals surface area (Å²) in [7, 11) is 0. The first kappa shape index (κ1) is 13.5. The van der Waals surface area contributed by atoms with Crippen molar-refractivity contribution >= 4 is 5.69 Å². The van der Waals surface area contributed by atoms with Crippen molar-refractivity contribution in [3.63, 3.8) is 0 Å². The van der Waals surface area contributed by atoms with E-state index >= 15 is 0 Å². The standard InChI is InChI=1S/C14H15NO4/c16-15(17)13-8-6-12(7-9-13)4-3-11-19-14-5-1-2-10-18-14/h6-9,14H,1-2,5,10-11H2. The molecule has 1 atom stereocenters. The van der Waals surface area contributed by atoms with E-state index in [9.17, 15) is 10.1 Å². The van der Waals surface area contributed by atoms with Crippen LogP contribution in [0.3, 0.4) is 0 Å². The molecule has 1 heterocycles. The molecule has 19 heavy (non-hydrogen) atoms. The summed E-state index contributed by atoms with van der Waals surface area (Å²) in [5.41, 5.74) is 0.802. The molecule has 5 heteroatoms. The zero-order valence-electron chi connectivity index (χ0n) is 10.5. The number of hydrogen-bond donors (Lipinski definition) is 0. The molecule has 0 aliphatic carbocycles. The Hall–Kier alpha value is -1.90. The van der Waals surface area contributed by atoms with Crippen LogP contribution in [0.15, 0.2) is 24.3 Å². The second kappa shape index (κ2) is 6.88. The van der Waals surface area contributed by atoms with Crippen molar-refractivity contribution in [1.82, 2.24) is 0 Å². The molecule has 1 aliphatic rings. The molecule has 2 rings (SSSR count).